The molecule has 0 aliphatic carbocycles. The molecule has 0 unspecified atom stereocenters. The van der Waals surface area contributed by atoms with Crippen LogP contribution in [0.3, 0.4) is 0 Å². The summed E-state index contributed by atoms with van der Waals surface area (Å²) in [4.78, 5) is 3.23. The summed E-state index contributed by atoms with van der Waals surface area (Å²) in [5, 5.41) is -0.292. The molecule has 1 nitrogen and oxygen atoms in total. The molecule has 8 heteroatoms. The first kappa shape index (κ1) is 15.6. The van der Waals surface area contributed by atoms with Crippen molar-refractivity contribution in [3.8, 4) is 11.3 Å². The molecule has 0 N–H and O–H groups in total. The highest BCUT2D eigenvalue weighted by Crippen LogP contribution is 2.39. The van der Waals surface area contributed by atoms with Crippen molar-refractivity contribution >= 4 is 11.6 Å². The molecular formula is C13H6ClF6N. The van der Waals surface area contributed by atoms with E-state index < -0.39 is 34.9 Å². The Morgan fingerprint density at radius 2 is 1.43 bits per heavy atom. The number of hydrogen-bond acceptors (Lipinski definition) is 1. The second-order valence-electron chi connectivity index (χ2n) is 4.07. The van der Waals surface area contributed by atoms with Gasteiger partial charge >= 0.3 is 12.4 Å². The van der Waals surface area contributed by atoms with E-state index in [1.165, 1.54) is 6.07 Å². The standard InChI is InChI=1S/C13H6ClF6N/c14-9-5-6-10(13(18,19)20)21-11(9)7-3-1-2-4-8(7)12(15,16)17/h1-6H. The minimum atomic E-state index is -4.77. The van der Waals surface area contributed by atoms with Gasteiger partial charge in [0.2, 0.25) is 0 Å². The third-order valence-corrected chi connectivity index (χ3v) is 2.93. The van der Waals surface area contributed by atoms with Crippen molar-refractivity contribution in [1.29, 1.82) is 0 Å². The highest BCUT2D eigenvalue weighted by molar-refractivity contribution is 6.33. The van der Waals surface area contributed by atoms with Crippen LogP contribution in [0.1, 0.15) is 11.3 Å². The van der Waals surface area contributed by atoms with Crippen LogP contribution in [-0.2, 0) is 12.4 Å². The van der Waals surface area contributed by atoms with Crippen molar-refractivity contribution in [3.63, 3.8) is 0 Å². The van der Waals surface area contributed by atoms with Crippen molar-refractivity contribution in [2.45, 2.75) is 12.4 Å². The second kappa shape index (κ2) is 5.22. The number of aromatic nitrogens is 1. The summed E-state index contributed by atoms with van der Waals surface area (Å²) < 4.78 is 76.6. The van der Waals surface area contributed by atoms with Crippen molar-refractivity contribution < 1.29 is 26.3 Å². The van der Waals surface area contributed by atoms with E-state index in [9.17, 15) is 26.3 Å². The fourth-order valence-corrected chi connectivity index (χ4v) is 1.93. The van der Waals surface area contributed by atoms with Gasteiger partial charge in [-0.25, -0.2) is 4.98 Å². The fourth-order valence-electron chi connectivity index (χ4n) is 1.73. The largest absolute Gasteiger partial charge is 0.433 e. The molecule has 1 heterocycles. The van der Waals surface area contributed by atoms with Crippen LogP contribution in [0.15, 0.2) is 36.4 Å². The molecule has 0 aliphatic heterocycles. The highest BCUT2D eigenvalue weighted by Gasteiger charge is 2.36. The molecular weight excluding hydrogens is 320 g/mol. The van der Waals surface area contributed by atoms with Gasteiger partial charge in [0.15, 0.2) is 0 Å². The van der Waals surface area contributed by atoms with Crippen LogP contribution in [0, 0.1) is 0 Å². The molecule has 0 aliphatic rings. The molecule has 0 spiro atoms. The Kier molecular flexibility index (Phi) is 3.88. The molecule has 21 heavy (non-hydrogen) atoms. The third kappa shape index (κ3) is 3.29. The Hall–Kier alpha value is -1.76. The average molecular weight is 326 g/mol. The lowest BCUT2D eigenvalue weighted by Crippen LogP contribution is -2.11. The first-order valence-electron chi connectivity index (χ1n) is 5.51. The van der Waals surface area contributed by atoms with Gasteiger partial charge in [-0.1, -0.05) is 29.8 Å². The van der Waals surface area contributed by atoms with Gasteiger partial charge in [-0.05, 0) is 18.2 Å². The number of rotatable bonds is 1. The van der Waals surface area contributed by atoms with Gasteiger partial charge in [0.05, 0.1) is 16.3 Å². The van der Waals surface area contributed by atoms with Gasteiger partial charge in [-0.15, -0.1) is 0 Å². The van der Waals surface area contributed by atoms with E-state index in [1.807, 2.05) is 0 Å². The highest BCUT2D eigenvalue weighted by atomic mass is 35.5. The van der Waals surface area contributed by atoms with Crippen LogP contribution in [0.4, 0.5) is 26.3 Å². The summed E-state index contributed by atoms with van der Waals surface area (Å²) in [6.07, 6.45) is -9.50. The third-order valence-electron chi connectivity index (χ3n) is 2.62. The maximum Gasteiger partial charge on any atom is 0.433 e. The number of nitrogens with zero attached hydrogens (tertiary/aromatic N) is 1. The van der Waals surface area contributed by atoms with E-state index in [1.54, 1.807) is 0 Å². The first-order valence-corrected chi connectivity index (χ1v) is 5.89. The molecule has 2 rings (SSSR count). The van der Waals surface area contributed by atoms with E-state index >= 15 is 0 Å². The van der Waals surface area contributed by atoms with E-state index in [4.69, 9.17) is 11.6 Å². The average Bonchev–Trinajstić information content (AvgIpc) is 2.37. The zero-order valence-corrected chi connectivity index (χ0v) is 10.8. The van der Waals surface area contributed by atoms with Crippen molar-refractivity contribution in [2.24, 2.45) is 0 Å². The molecule has 0 bridgehead atoms. The Bertz CT molecular complexity index is 662. The molecule has 0 amide bonds. The molecule has 0 fully saturated rings. The normalized spacial score (nSPS) is 12.5. The maximum absolute atomic E-state index is 12.9. The molecule has 0 radical (unpaired) electrons. The second-order valence-corrected chi connectivity index (χ2v) is 4.48. The molecule has 0 saturated carbocycles. The minimum Gasteiger partial charge on any atom is -0.242 e. The van der Waals surface area contributed by atoms with Crippen LogP contribution >= 0.6 is 11.6 Å². The van der Waals surface area contributed by atoms with Crippen LogP contribution < -0.4 is 0 Å². The van der Waals surface area contributed by atoms with Crippen molar-refractivity contribution in [1.82, 2.24) is 4.98 Å². The Labute approximate surface area is 120 Å². The summed E-state index contributed by atoms with van der Waals surface area (Å²) in [6.45, 7) is 0. The molecule has 1 aromatic heterocycles. The molecule has 0 saturated heterocycles. The fraction of sp³-hybridized carbons (Fsp3) is 0.154. The van der Waals surface area contributed by atoms with Crippen LogP contribution in [0.5, 0.6) is 0 Å². The summed E-state index contributed by atoms with van der Waals surface area (Å²) in [5.41, 5.74) is -3.46. The zero-order valence-electron chi connectivity index (χ0n) is 10.1. The van der Waals surface area contributed by atoms with E-state index in [0.29, 0.717) is 6.07 Å². The lowest BCUT2D eigenvalue weighted by Gasteiger charge is -2.14. The van der Waals surface area contributed by atoms with Gasteiger partial charge in [0, 0.05) is 5.56 Å². The molecule has 112 valence electrons. The summed E-state index contributed by atoms with van der Waals surface area (Å²) in [6, 6.07) is 5.67. The van der Waals surface area contributed by atoms with Crippen LogP contribution in [0.25, 0.3) is 11.3 Å². The van der Waals surface area contributed by atoms with Gasteiger partial charge in [-0.3, -0.25) is 0 Å². The molecule has 1 aromatic carbocycles. The summed E-state index contributed by atoms with van der Waals surface area (Å²) in [5.74, 6) is 0. The SMILES string of the molecule is FC(F)(F)c1ccc(Cl)c(-c2ccccc2C(F)(F)F)n1. The molecule has 0 atom stereocenters. The monoisotopic (exact) mass is 325 g/mol. The number of halogens is 7. The van der Waals surface area contributed by atoms with E-state index in [-0.39, 0.29) is 5.02 Å². The Balaban J connectivity index is 2.68. The lowest BCUT2D eigenvalue weighted by molar-refractivity contribution is -0.141. The predicted molar refractivity (Wildman–Crippen MR) is 64.7 cm³/mol. The Morgan fingerprint density at radius 1 is 0.810 bits per heavy atom. The lowest BCUT2D eigenvalue weighted by atomic mass is 10.0. The quantitative estimate of drug-likeness (QED) is 0.636. The number of pyridine rings is 1. The topological polar surface area (TPSA) is 12.9 Å². The summed E-state index contributed by atoms with van der Waals surface area (Å²) in [7, 11) is 0. The van der Waals surface area contributed by atoms with Crippen molar-refractivity contribution in [2.75, 3.05) is 0 Å². The van der Waals surface area contributed by atoms with Crippen molar-refractivity contribution in [3.05, 3.63) is 52.7 Å². The van der Waals surface area contributed by atoms with Gasteiger partial charge in [-0.2, -0.15) is 26.3 Å². The number of benzene rings is 1. The number of hydrogen-bond donors (Lipinski definition) is 0. The van der Waals surface area contributed by atoms with Gasteiger partial charge in [0.1, 0.15) is 5.69 Å². The Morgan fingerprint density at radius 3 is 2.00 bits per heavy atom. The van der Waals surface area contributed by atoms with Gasteiger partial charge < -0.3 is 0 Å². The van der Waals surface area contributed by atoms with Crippen LogP contribution in [0.2, 0.25) is 5.02 Å². The van der Waals surface area contributed by atoms with Crippen LogP contribution in [-0.4, -0.2) is 4.98 Å². The smallest absolute Gasteiger partial charge is 0.242 e. The maximum atomic E-state index is 12.9. The van der Waals surface area contributed by atoms with Gasteiger partial charge in [0.25, 0.3) is 0 Å². The summed E-state index contributed by atoms with van der Waals surface area (Å²) >= 11 is 5.71. The minimum absolute atomic E-state index is 0.292. The number of alkyl halides is 6. The zero-order chi connectivity index (χ0) is 15.8. The predicted octanol–water partition coefficient (Wildman–Crippen LogP) is 5.44. The van der Waals surface area contributed by atoms with E-state index in [2.05, 4.69) is 4.98 Å². The first-order chi connectivity index (χ1) is 9.60. The van der Waals surface area contributed by atoms with E-state index in [0.717, 1.165) is 24.3 Å². The molecule has 2 aromatic rings.